The van der Waals surface area contributed by atoms with E-state index in [0.29, 0.717) is 0 Å². The number of aliphatic hydroxyl groups excluding tert-OH is 1. The molecule has 2 nitrogen and oxygen atoms in total. The molecule has 0 saturated carbocycles. The van der Waals surface area contributed by atoms with Gasteiger partial charge in [-0.2, -0.15) is 0 Å². The van der Waals surface area contributed by atoms with E-state index in [1.807, 2.05) is 0 Å². The molecule has 0 bridgehead atoms. The lowest BCUT2D eigenvalue weighted by Crippen LogP contribution is -2.02. The molecule has 0 atom stereocenters. The summed E-state index contributed by atoms with van der Waals surface area (Å²) in [6.07, 6.45) is -0.0352. The molecule has 78 valence electrons. The maximum Gasteiger partial charge on any atom is 0.167 e. The predicted octanol–water partition coefficient (Wildman–Crippen LogP) is 2.16. The Labute approximate surface area is 85.1 Å². The molecule has 0 radical (unpaired) electrons. The smallest absolute Gasteiger partial charge is 0.167 e. The van der Waals surface area contributed by atoms with Gasteiger partial charge in [-0.05, 0) is 6.07 Å². The molecular formula is C9H9ClF2O2. The summed E-state index contributed by atoms with van der Waals surface area (Å²) in [5.41, 5.74) is -0.0417. The van der Waals surface area contributed by atoms with E-state index in [4.69, 9.17) is 16.7 Å². The molecule has 1 rings (SSSR count). The number of methoxy groups -OCH3 is 1. The van der Waals surface area contributed by atoms with Gasteiger partial charge in [0, 0.05) is 18.6 Å². The minimum absolute atomic E-state index is 0.0352. The van der Waals surface area contributed by atoms with E-state index in [2.05, 4.69) is 4.74 Å². The Kier molecular flexibility index (Phi) is 3.66. The third-order valence-electron chi connectivity index (χ3n) is 1.79. The lowest BCUT2D eigenvalue weighted by atomic mass is 10.1. The van der Waals surface area contributed by atoms with E-state index < -0.39 is 11.6 Å². The molecule has 0 aliphatic heterocycles. The lowest BCUT2D eigenvalue weighted by Gasteiger charge is -2.10. The summed E-state index contributed by atoms with van der Waals surface area (Å²) >= 11 is 5.43. The van der Waals surface area contributed by atoms with E-state index in [-0.39, 0.29) is 29.4 Å². The third kappa shape index (κ3) is 1.96. The molecule has 14 heavy (non-hydrogen) atoms. The Balaban J connectivity index is 3.32. The van der Waals surface area contributed by atoms with Crippen LogP contribution in [0.1, 0.15) is 5.56 Å². The van der Waals surface area contributed by atoms with Crippen molar-refractivity contribution >= 4 is 11.6 Å². The maximum atomic E-state index is 13.3. The molecule has 0 unspecified atom stereocenters. The second-order valence-corrected chi connectivity index (χ2v) is 3.05. The molecular weight excluding hydrogens is 214 g/mol. The van der Waals surface area contributed by atoms with E-state index in [0.717, 1.165) is 6.07 Å². The molecule has 0 saturated heterocycles. The molecule has 1 N–H and O–H groups in total. The van der Waals surface area contributed by atoms with E-state index in [1.165, 1.54) is 7.11 Å². The molecule has 0 aromatic heterocycles. The number of hydrogen-bond acceptors (Lipinski definition) is 2. The molecule has 0 heterocycles. The minimum Gasteiger partial charge on any atom is -0.493 e. The molecule has 1 aromatic carbocycles. The van der Waals surface area contributed by atoms with Gasteiger partial charge in [0.1, 0.15) is 5.82 Å². The van der Waals surface area contributed by atoms with Crippen molar-refractivity contribution in [3.05, 3.63) is 28.3 Å². The number of rotatable bonds is 3. The molecule has 0 amide bonds. The van der Waals surface area contributed by atoms with Crippen molar-refractivity contribution in [2.24, 2.45) is 0 Å². The van der Waals surface area contributed by atoms with Crippen LogP contribution >= 0.6 is 11.6 Å². The second kappa shape index (κ2) is 4.57. The van der Waals surface area contributed by atoms with Gasteiger partial charge in [-0.3, -0.25) is 0 Å². The highest BCUT2D eigenvalue weighted by Gasteiger charge is 2.17. The van der Waals surface area contributed by atoms with Crippen molar-refractivity contribution in [1.29, 1.82) is 0 Å². The second-order valence-electron chi connectivity index (χ2n) is 2.64. The van der Waals surface area contributed by atoms with Crippen LogP contribution in [0.3, 0.4) is 0 Å². The van der Waals surface area contributed by atoms with Crippen molar-refractivity contribution in [2.45, 2.75) is 6.42 Å². The standard InChI is InChI=1S/C9H9ClF2O2/c1-14-9-5(2-3-13)8(12)6(10)4-7(9)11/h4,13H,2-3H2,1H3. The Morgan fingerprint density at radius 2 is 2.14 bits per heavy atom. The normalized spacial score (nSPS) is 10.4. The average Bonchev–Trinajstić information content (AvgIpc) is 2.14. The van der Waals surface area contributed by atoms with Crippen LogP contribution in [0.2, 0.25) is 5.02 Å². The summed E-state index contributed by atoms with van der Waals surface area (Å²) in [6, 6.07) is 0.844. The van der Waals surface area contributed by atoms with Crippen molar-refractivity contribution < 1.29 is 18.6 Å². The zero-order valence-electron chi connectivity index (χ0n) is 7.48. The number of aliphatic hydroxyl groups is 1. The minimum atomic E-state index is -0.751. The van der Waals surface area contributed by atoms with Crippen LogP contribution in [0.5, 0.6) is 5.75 Å². The summed E-state index contributed by atoms with van der Waals surface area (Å²) in [6.45, 7) is -0.299. The van der Waals surface area contributed by atoms with Gasteiger partial charge in [-0.15, -0.1) is 0 Å². The Morgan fingerprint density at radius 1 is 1.50 bits per heavy atom. The SMILES string of the molecule is COc1c(F)cc(Cl)c(F)c1CCO. The fourth-order valence-corrected chi connectivity index (χ4v) is 1.39. The zero-order chi connectivity index (χ0) is 10.7. The van der Waals surface area contributed by atoms with E-state index in [1.54, 1.807) is 0 Å². The monoisotopic (exact) mass is 222 g/mol. The Hall–Kier alpha value is -0.870. The summed E-state index contributed by atoms with van der Waals surface area (Å²) < 4.78 is 31.2. The first-order valence-corrected chi connectivity index (χ1v) is 4.30. The van der Waals surface area contributed by atoms with Crippen LogP contribution in [-0.4, -0.2) is 18.8 Å². The molecule has 5 heteroatoms. The van der Waals surface area contributed by atoms with Crippen molar-refractivity contribution in [3.8, 4) is 5.75 Å². The summed E-state index contributed by atoms with van der Waals surface area (Å²) in [5.74, 6) is -1.69. The lowest BCUT2D eigenvalue weighted by molar-refractivity contribution is 0.292. The first kappa shape index (κ1) is 11.2. The fourth-order valence-electron chi connectivity index (χ4n) is 1.18. The van der Waals surface area contributed by atoms with Crippen molar-refractivity contribution in [2.75, 3.05) is 13.7 Å². The first-order valence-electron chi connectivity index (χ1n) is 3.93. The van der Waals surface area contributed by atoms with Gasteiger partial charge in [0.15, 0.2) is 11.6 Å². The van der Waals surface area contributed by atoms with Crippen molar-refractivity contribution in [1.82, 2.24) is 0 Å². The quantitative estimate of drug-likeness (QED) is 0.795. The van der Waals surface area contributed by atoms with Crippen LogP contribution in [0.4, 0.5) is 8.78 Å². The zero-order valence-corrected chi connectivity index (χ0v) is 8.24. The Morgan fingerprint density at radius 3 is 2.64 bits per heavy atom. The molecule has 1 aromatic rings. The molecule has 0 aliphatic carbocycles. The predicted molar refractivity (Wildman–Crippen MR) is 48.7 cm³/mol. The van der Waals surface area contributed by atoms with Gasteiger partial charge in [-0.1, -0.05) is 11.6 Å². The summed E-state index contributed by atoms with van der Waals surface area (Å²) in [5, 5.41) is 8.34. The van der Waals surface area contributed by atoms with Gasteiger partial charge >= 0.3 is 0 Å². The van der Waals surface area contributed by atoms with E-state index in [9.17, 15) is 8.78 Å². The number of hydrogen-bond donors (Lipinski definition) is 1. The van der Waals surface area contributed by atoms with Crippen LogP contribution in [-0.2, 0) is 6.42 Å². The topological polar surface area (TPSA) is 29.5 Å². The fraction of sp³-hybridized carbons (Fsp3) is 0.333. The number of benzene rings is 1. The molecule has 0 aliphatic rings. The largest absolute Gasteiger partial charge is 0.493 e. The van der Waals surface area contributed by atoms with Gasteiger partial charge in [0.2, 0.25) is 0 Å². The van der Waals surface area contributed by atoms with Gasteiger partial charge < -0.3 is 9.84 Å². The Bertz CT molecular complexity index is 342. The molecule has 0 fully saturated rings. The van der Waals surface area contributed by atoms with Crippen LogP contribution < -0.4 is 4.74 Å². The third-order valence-corrected chi connectivity index (χ3v) is 2.06. The highest BCUT2D eigenvalue weighted by molar-refractivity contribution is 6.30. The van der Waals surface area contributed by atoms with Gasteiger partial charge in [0.25, 0.3) is 0 Å². The molecule has 0 spiro atoms. The van der Waals surface area contributed by atoms with Crippen LogP contribution in [0.15, 0.2) is 6.07 Å². The van der Waals surface area contributed by atoms with Crippen LogP contribution in [0.25, 0.3) is 0 Å². The number of ether oxygens (including phenoxy) is 1. The average molecular weight is 223 g/mol. The maximum absolute atomic E-state index is 13.3. The van der Waals surface area contributed by atoms with Gasteiger partial charge in [-0.25, -0.2) is 8.78 Å². The first-order chi connectivity index (χ1) is 6.61. The summed E-state index contributed by atoms with van der Waals surface area (Å²) in [4.78, 5) is 0. The summed E-state index contributed by atoms with van der Waals surface area (Å²) in [7, 11) is 1.23. The van der Waals surface area contributed by atoms with E-state index >= 15 is 0 Å². The number of halogens is 3. The van der Waals surface area contributed by atoms with Crippen molar-refractivity contribution in [3.63, 3.8) is 0 Å². The highest BCUT2D eigenvalue weighted by Crippen LogP contribution is 2.30. The van der Waals surface area contributed by atoms with Crippen LogP contribution in [0, 0.1) is 11.6 Å². The highest BCUT2D eigenvalue weighted by atomic mass is 35.5. The van der Waals surface area contributed by atoms with Gasteiger partial charge in [0.05, 0.1) is 12.1 Å².